The molecule has 5 nitrogen and oxygen atoms in total. The summed E-state index contributed by atoms with van der Waals surface area (Å²) in [5.41, 5.74) is 6.02. The lowest BCUT2D eigenvalue weighted by Gasteiger charge is -2.05. The van der Waals surface area contributed by atoms with Gasteiger partial charge >= 0.3 is 5.69 Å². The van der Waals surface area contributed by atoms with Crippen LogP contribution in [0.1, 0.15) is 5.56 Å². The highest BCUT2D eigenvalue weighted by Gasteiger charge is 2.17. The standard InChI is InChI=1S/C8H9BrN2O3/c1-14-8-3-6(9)5(4-10)2-7(8)11(12)13/h2-3H,4,10H2,1H3. The summed E-state index contributed by atoms with van der Waals surface area (Å²) in [7, 11) is 1.39. The lowest BCUT2D eigenvalue weighted by molar-refractivity contribution is -0.385. The average molecular weight is 261 g/mol. The van der Waals surface area contributed by atoms with Crippen LogP contribution in [0.5, 0.6) is 5.75 Å². The molecule has 2 N–H and O–H groups in total. The average Bonchev–Trinajstić information content (AvgIpc) is 2.16. The summed E-state index contributed by atoms with van der Waals surface area (Å²) in [6, 6.07) is 2.95. The number of halogens is 1. The molecule has 0 saturated heterocycles. The second kappa shape index (κ2) is 4.39. The lowest BCUT2D eigenvalue weighted by Crippen LogP contribution is -2.01. The number of hydrogen-bond donors (Lipinski definition) is 1. The van der Waals surface area contributed by atoms with Crippen molar-refractivity contribution in [2.75, 3.05) is 7.11 Å². The van der Waals surface area contributed by atoms with E-state index in [4.69, 9.17) is 10.5 Å². The summed E-state index contributed by atoms with van der Waals surface area (Å²) < 4.78 is 5.59. The summed E-state index contributed by atoms with van der Waals surface area (Å²) in [5.74, 6) is 0.221. The molecular formula is C8H9BrN2O3. The number of nitrogens with zero attached hydrogens (tertiary/aromatic N) is 1. The van der Waals surface area contributed by atoms with Gasteiger partial charge in [-0.05, 0) is 5.56 Å². The molecule has 0 amide bonds. The molecule has 0 unspecified atom stereocenters. The minimum absolute atomic E-state index is 0.0730. The van der Waals surface area contributed by atoms with E-state index in [1.54, 1.807) is 6.07 Å². The van der Waals surface area contributed by atoms with E-state index in [0.717, 1.165) is 0 Å². The Morgan fingerprint density at radius 1 is 1.64 bits per heavy atom. The van der Waals surface area contributed by atoms with Gasteiger partial charge in [-0.15, -0.1) is 0 Å². The molecule has 0 spiro atoms. The van der Waals surface area contributed by atoms with Crippen molar-refractivity contribution in [1.82, 2.24) is 0 Å². The van der Waals surface area contributed by atoms with Gasteiger partial charge in [-0.2, -0.15) is 0 Å². The first-order valence-electron chi connectivity index (χ1n) is 3.81. The molecule has 0 fully saturated rings. The van der Waals surface area contributed by atoms with Crippen LogP contribution >= 0.6 is 15.9 Å². The third-order valence-electron chi connectivity index (χ3n) is 1.76. The van der Waals surface area contributed by atoms with E-state index in [2.05, 4.69) is 15.9 Å². The van der Waals surface area contributed by atoms with Gasteiger partial charge in [0.15, 0.2) is 5.75 Å². The highest BCUT2D eigenvalue weighted by molar-refractivity contribution is 9.10. The number of ether oxygens (including phenoxy) is 1. The first-order valence-corrected chi connectivity index (χ1v) is 4.60. The summed E-state index contributed by atoms with van der Waals surface area (Å²) >= 11 is 3.25. The van der Waals surface area contributed by atoms with Gasteiger partial charge < -0.3 is 10.5 Å². The van der Waals surface area contributed by atoms with E-state index in [0.29, 0.717) is 10.0 Å². The Morgan fingerprint density at radius 3 is 2.71 bits per heavy atom. The van der Waals surface area contributed by atoms with Crippen LogP contribution in [0.4, 0.5) is 5.69 Å². The van der Waals surface area contributed by atoms with Crippen molar-refractivity contribution in [3.8, 4) is 5.75 Å². The van der Waals surface area contributed by atoms with Gasteiger partial charge in [0.1, 0.15) is 0 Å². The number of nitrogens with two attached hydrogens (primary N) is 1. The van der Waals surface area contributed by atoms with Crippen molar-refractivity contribution in [3.05, 3.63) is 32.3 Å². The van der Waals surface area contributed by atoms with Gasteiger partial charge in [-0.3, -0.25) is 10.1 Å². The van der Waals surface area contributed by atoms with E-state index in [1.807, 2.05) is 0 Å². The molecule has 0 atom stereocenters. The highest BCUT2D eigenvalue weighted by Crippen LogP contribution is 2.32. The third-order valence-corrected chi connectivity index (χ3v) is 2.50. The minimum Gasteiger partial charge on any atom is -0.490 e. The minimum atomic E-state index is -0.496. The van der Waals surface area contributed by atoms with E-state index >= 15 is 0 Å². The fourth-order valence-corrected chi connectivity index (χ4v) is 1.53. The molecule has 14 heavy (non-hydrogen) atoms. The van der Waals surface area contributed by atoms with Crippen molar-refractivity contribution < 1.29 is 9.66 Å². The van der Waals surface area contributed by atoms with Crippen LogP contribution in [0.15, 0.2) is 16.6 Å². The molecule has 1 rings (SSSR count). The van der Waals surface area contributed by atoms with E-state index in [9.17, 15) is 10.1 Å². The Labute approximate surface area is 89.1 Å². The molecule has 0 bridgehead atoms. The monoisotopic (exact) mass is 260 g/mol. The SMILES string of the molecule is COc1cc(Br)c(CN)cc1[N+](=O)[O-]. The molecule has 0 radical (unpaired) electrons. The molecule has 1 aromatic rings. The molecule has 0 aliphatic carbocycles. The molecule has 0 heterocycles. The number of hydrogen-bond acceptors (Lipinski definition) is 4. The van der Waals surface area contributed by atoms with Gasteiger partial charge in [0.05, 0.1) is 12.0 Å². The second-order valence-corrected chi connectivity index (χ2v) is 3.43. The predicted molar refractivity (Wildman–Crippen MR) is 55.2 cm³/mol. The van der Waals surface area contributed by atoms with Crippen molar-refractivity contribution in [2.45, 2.75) is 6.54 Å². The summed E-state index contributed by atoms with van der Waals surface area (Å²) in [6.07, 6.45) is 0. The number of benzene rings is 1. The zero-order valence-corrected chi connectivity index (χ0v) is 9.08. The molecule has 1 aromatic carbocycles. The molecule has 0 aromatic heterocycles. The van der Waals surface area contributed by atoms with Crippen LogP contribution in [0.2, 0.25) is 0 Å². The topological polar surface area (TPSA) is 78.4 Å². The van der Waals surface area contributed by atoms with Crippen LogP contribution in [0.3, 0.4) is 0 Å². The van der Waals surface area contributed by atoms with Gasteiger partial charge in [-0.25, -0.2) is 0 Å². The van der Waals surface area contributed by atoms with Crippen LogP contribution in [0.25, 0.3) is 0 Å². The smallest absolute Gasteiger partial charge is 0.311 e. The van der Waals surface area contributed by atoms with E-state index in [1.165, 1.54) is 13.2 Å². The first kappa shape index (κ1) is 10.9. The summed E-state index contributed by atoms with van der Waals surface area (Å²) in [5, 5.41) is 10.6. The Bertz CT molecular complexity index is 368. The molecule has 76 valence electrons. The maximum absolute atomic E-state index is 10.6. The number of methoxy groups -OCH3 is 1. The maximum atomic E-state index is 10.6. The van der Waals surface area contributed by atoms with Crippen molar-refractivity contribution >= 4 is 21.6 Å². The van der Waals surface area contributed by atoms with Crippen molar-refractivity contribution in [3.63, 3.8) is 0 Å². The Morgan fingerprint density at radius 2 is 2.29 bits per heavy atom. The van der Waals surface area contributed by atoms with E-state index < -0.39 is 4.92 Å². The molecular weight excluding hydrogens is 252 g/mol. The number of rotatable bonds is 3. The Kier molecular flexibility index (Phi) is 3.43. The maximum Gasteiger partial charge on any atom is 0.311 e. The lowest BCUT2D eigenvalue weighted by atomic mass is 10.2. The van der Waals surface area contributed by atoms with Gasteiger partial charge in [0, 0.05) is 23.2 Å². The zero-order chi connectivity index (χ0) is 10.7. The van der Waals surface area contributed by atoms with Gasteiger partial charge in [0.2, 0.25) is 0 Å². The molecule has 0 saturated carbocycles. The van der Waals surface area contributed by atoms with Crippen LogP contribution in [-0.2, 0) is 6.54 Å². The number of nitro benzene ring substituents is 1. The summed E-state index contributed by atoms with van der Waals surface area (Å²) in [6.45, 7) is 0.241. The molecule has 0 aliphatic heterocycles. The molecule has 6 heteroatoms. The predicted octanol–water partition coefficient (Wildman–Crippen LogP) is 1.82. The first-order chi connectivity index (χ1) is 6.60. The summed E-state index contributed by atoms with van der Waals surface area (Å²) in [4.78, 5) is 10.1. The normalized spacial score (nSPS) is 9.93. The Balaban J connectivity index is 3.32. The fourth-order valence-electron chi connectivity index (χ4n) is 1.05. The van der Waals surface area contributed by atoms with Crippen molar-refractivity contribution in [2.24, 2.45) is 5.73 Å². The van der Waals surface area contributed by atoms with Crippen molar-refractivity contribution in [1.29, 1.82) is 0 Å². The molecule has 0 aliphatic rings. The van der Waals surface area contributed by atoms with E-state index in [-0.39, 0.29) is 18.0 Å². The fraction of sp³-hybridized carbons (Fsp3) is 0.250. The zero-order valence-electron chi connectivity index (χ0n) is 7.49. The quantitative estimate of drug-likeness (QED) is 0.664. The number of nitro groups is 1. The largest absolute Gasteiger partial charge is 0.490 e. The Hall–Kier alpha value is -1.14. The van der Waals surface area contributed by atoms with Gasteiger partial charge in [0.25, 0.3) is 0 Å². The van der Waals surface area contributed by atoms with Crippen LogP contribution < -0.4 is 10.5 Å². The second-order valence-electron chi connectivity index (χ2n) is 2.58. The van der Waals surface area contributed by atoms with Crippen LogP contribution in [-0.4, -0.2) is 12.0 Å². The highest BCUT2D eigenvalue weighted by atomic mass is 79.9. The third kappa shape index (κ3) is 2.02. The van der Waals surface area contributed by atoms with Crippen LogP contribution in [0, 0.1) is 10.1 Å². The van der Waals surface area contributed by atoms with Gasteiger partial charge in [-0.1, -0.05) is 15.9 Å².